The molecule has 1 aliphatic rings. The van der Waals surface area contributed by atoms with Gasteiger partial charge in [-0.15, -0.1) is 0 Å². The number of ketones is 1. The van der Waals surface area contributed by atoms with Gasteiger partial charge in [0.25, 0.3) is 0 Å². The highest BCUT2D eigenvalue weighted by atomic mass is 32.2. The number of aromatic nitrogens is 2. The van der Waals surface area contributed by atoms with Crippen molar-refractivity contribution in [2.75, 3.05) is 20.1 Å². The van der Waals surface area contributed by atoms with Crippen LogP contribution in [-0.4, -0.2) is 65.2 Å². The van der Waals surface area contributed by atoms with E-state index in [-0.39, 0.29) is 42.0 Å². The Balaban J connectivity index is 1.59. The molecule has 1 aromatic carbocycles. The van der Waals surface area contributed by atoms with Crippen LogP contribution in [0.25, 0.3) is 0 Å². The third-order valence-corrected chi connectivity index (χ3v) is 7.52. The summed E-state index contributed by atoms with van der Waals surface area (Å²) in [5.41, 5.74) is 0.414. The number of hydrogen-bond acceptors (Lipinski definition) is 5. The monoisotopic (exact) mass is 486 g/mol. The summed E-state index contributed by atoms with van der Waals surface area (Å²) in [6.45, 7) is 0.413. The summed E-state index contributed by atoms with van der Waals surface area (Å²) in [4.78, 5) is 29.5. The molecule has 1 saturated heterocycles. The smallest absolute Gasteiger partial charge is 0.338 e. The number of nitrogens with zero attached hydrogens (tertiary/aromatic N) is 4. The summed E-state index contributed by atoms with van der Waals surface area (Å²) in [5, 5.41) is 0. The van der Waals surface area contributed by atoms with Gasteiger partial charge in [0.1, 0.15) is 12.4 Å². The van der Waals surface area contributed by atoms with Gasteiger partial charge in [0, 0.05) is 44.0 Å². The molecular formula is C21H25F3N4O4S. The van der Waals surface area contributed by atoms with E-state index in [9.17, 15) is 31.2 Å². The van der Waals surface area contributed by atoms with Crippen molar-refractivity contribution in [2.24, 2.45) is 5.92 Å². The van der Waals surface area contributed by atoms with Crippen LogP contribution in [0.3, 0.4) is 0 Å². The van der Waals surface area contributed by atoms with Crippen molar-refractivity contribution in [2.45, 2.75) is 43.9 Å². The van der Waals surface area contributed by atoms with E-state index < -0.39 is 28.7 Å². The molecule has 1 aromatic heterocycles. The fourth-order valence-electron chi connectivity index (χ4n) is 3.78. The van der Waals surface area contributed by atoms with Crippen LogP contribution < -0.4 is 0 Å². The largest absolute Gasteiger partial charge is 0.406 e. The lowest BCUT2D eigenvalue weighted by atomic mass is 9.96. The Labute approximate surface area is 190 Å². The lowest BCUT2D eigenvalue weighted by molar-refractivity contribution is -0.141. The number of amides is 1. The summed E-state index contributed by atoms with van der Waals surface area (Å²) in [5.74, 6) is -0.743. The second kappa shape index (κ2) is 9.64. The molecule has 0 unspecified atom stereocenters. The van der Waals surface area contributed by atoms with E-state index in [0.717, 1.165) is 4.57 Å². The molecule has 1 aliphatic heterocycles. The average molecular weight is 487 g/mol. The molecule has 0 N–H and O–H groups in total. The Morgan fingerprint density at radius 1 is 1.15 bits per heavy atom. The minimum Gasteiger partial charge on any atom is -0.338 e. The Kier molecular flexibility index (Phi) is 7.27. The normalized spacial score (nSPS) is 16.0. The molecule has 0 bridgehead atoms. The maximum Gasteiger partial charge on any atom is 0.406 e. The van der Waals surface area contributed by atoms with Crippen molar-refractivity contribution < 1.29 is 31.2 Å². The van der Waals surface area contributed by atoms with Crippen LogP contribution in [-0.2, 0) is 27.9 Å². The molecule has 0 saturated carbocycles. The van der Waals surface area contributed by atoms with Crippen molar-refractivity contribution >= 4 is 21.7 Å². The highest BCUT2D eigenvalue weighted by molar-refractivity contribution is 7.89. The van der Waals surface area contributed by atoms with Crippen LogP contribution in [0, 0.1) is 5.92 Å². The van der Waals surface area contributed by atoms with Gasteiger partial charge in [0.05, 0.1) is 11.4 Å². The van der Waals surface area contributed by atoms with Crippen molar-refractivity contribution in [3.05, 3.63) is 48.0 Å². The zero-order chi connectivity index (χ0) is 24.4. The van der Waals surface area contributed by atoms with E-state index in [2.05, 4.69) is 4.98 Å². The maximum atomic E-state index is 12.9. The number of carbonyl (C=O) groups is 2. The lowest BCUT2D eigenvalue weighted by Crippen LogP contribution is -2.43. The van der Waals surface area contributed by atoms with E-state index in [1.807, 2.05) is 0 Å². The van der Waals surface area contributed by atoms with E-state index in [1.165, 1.54) is 59.8 Å². The molecule has 180 valence electrons. The fraction of sp³-hybridized carbons (Fsp3) is 0.476. The number of hydrogen-bond donors (Lipinski definition) is 0. The van der Waals surface area contributed by atoms with Gasteiger partial charge in [-0.25, -0.2) is 13.4 Å². The standard InChI is InChI=1S/C21H25F3N4O4S/c1-15(29)16-3-5-18(6-4-16)33(31,32)28-10-7-17(8-11-28)20(30)26(2)13-19-25-9-12-27(19)14-21(22,23)24/h3-6,9,12,17H,7-8,10-11,13-14H2,1-2H3. The van der Waals surface area contributed by atoms with Gasteiger partial charge < -0.3 is 9.47 Å². The summed E-state index contributed by atoms with van der Waals surface area (Å²) < 4.78 is 66.1. The number of Topliss-reactive ketones (excluding diaryl/α,β-unsaturated/α-hetero) is 1. The zero-order valence-corrected chi connectivity index (χ0v) is 19.1. The second-order valence-corrected chi connectivity index (χ2v) is 9.98. The molecule has 12 heteroatoms. The van der Waals surface area contributed by atoms with Gasteiger partial charge in [-0.1, -0.05) is 12.1 Å². The van der Waals surface area contributed by atoms with Crippen LogP contribution in [0.1, 0.15) is 35.9 Å². The van der Waals surface area contributed by atoms with E-state index in [4.69, 9.17) is 0 Å². The highest BCUT2D eigenvalue weighted by Gasteiger charge is 2.34. The first-order chi connectivity index (χ1) is 15.4. The Bertz CT molecular complexity index is 1110. The number of piperidine rings is 1. The van der Waals surface area contributed by atoms with Crippen LogP contribution in [0.5, 0.6) is 0 Å². The second-order valence-electron chi connectivity index (χ2n) is 8.04. The van der Waals surface area contributed by atoms with Crippen LogP contribution in [0.15, 0.2) is 41.6 Å². The molecule has 1 amide bonds. The number of benzene rings is 1. The van der Waals surface area contributed by atoms with Crippen LogP contribution >= 0.6 is 0 Å². The highest BCUT2D eigenvalue weighted by Crippen LogP contribution is 2.26. The maximum absolute atomic E-state index is 12.9. The predicted molar refractivity (Wildman–Crippen MR) is 113 cm³/mol. The Morgan fingerprint density at radius 2 is 1.76 bits per heavy atom. The van der Waals surface area contributed by atoms with Crippen LogP contribution in [0.4, 0.5) is 13.2 Å². The number of rotatable bonds is 7. The summed E-state index contributed by atoms with van der Waals surface area (Å²) >= 11 is 0. The zero-order valence-electron chi connectivity index (χ0n) is 18.2. The molecule has 0 atom stereocenters. The minimum atomic E-state index is -4.40. The first-order valence-electron chi connectivity index (χ1n) is 10.3. The van der Waals surface area contributed by atoms with Gasteiger partial charge in [0.2, 0.25) is 15.9 Å². The third-order valence-electron chi connectivity index (χ3n) is 5.61. The molecule has 2 heterocycles. The number of imidazole rings is 1. The number of sulfonamides is 1. The van der Waals surface area contributed by atoms with Gasteiger partial charge >= 0.3 is 6.18 Å². The topological polar surface area (TPSA) is 92.6 Å². The van der Waals surface area contributed by atoms with Crippen molar-refractivity contribution in [3.8, 4) is 0 Å². The van der Waals surface area contributed by atoms with Gasteiger partial charge in [-0.05, 0) is 31.9 Å². The molecule has 0 aliphatic carbocycles. The molecule has 8 nitrogen and oxygen atoms in total. The number of alkyl halides is 3. The van der Waals surface area contributed by atoms with Crippen molar-refractivity contribution in [3.63, 3.8) is 0 Å². The van der Waals surface area contributed by atoms with Crippen LogP contribution in [0.2, 0.25) is 0 Å². The molecule has 0 radical (unpaired) electrons. The lowest BCUT2D eigenvalue weighted by Gasteiger charge is -2.32. The van der Waals surface area contributed by atoms with Crippen molar-refractivity contribution in [1.29, 1.82) is 0 Å². The Morgan fingerprint density at radius 3 is 2.30 bits per heavy atom. The van der Waals surface area contributed by atoms with E-state index in [1.54, 1.807) is 0 Å². The molecule has 0 spiro atoms. The average Bonchev–Trinajstić information content (AvgIpc) is 3.18. The quantitative estimate of drug-likeness (QED) is 0.561. The summed E-state index contributed by atoms with van der Waals surface area (Å²) in [6.07, 6.45) is -1.34. The Hall–Kier alpha value is -2.73. The summed E-state index contributed by atoms with van der Waals surface area (Å²) in [7, 11) is -2.27. The molecule has 2 aromatic rings. The van der Waals surface area contributed by atoms with E-state index in [0.29, 0.717) is 18.4 Å². The van der Waals surface area contributed by atoms with Gasteiger partial charge in [-0.3, -0.25) is 9.59 Å². The van der Waals surface area contributed by atoms with Gasteiger partial charge in [0.15, 0.2) is 5.78 Å². The van der Waals surface area contributed by atoms with E-state index >= 15 is 0 Å². The van der Waals surface area contributed by atoms with Crippen molar-refractivity contribution in [1.82, 2.24) is 18.8 Å². The third kappa shape index (κ3) is 5.99. The number of halogens is 3. The minimum absolute atomic E-state index is 0.0749. The molecule has 3 rings (SSSR count). The molecule has 1 fully saturated rings. The summed E-state index contributed by atoms with van der Waals surface area (Å²) in [6, 6.07) is 5.70. The predicted octanol–water partition coefficient (Wildman–Crippen LogP) is 2.71. The number of carbonyl (C=O) groups excluding carboxylic acids is 2. The van der Waals surface area contributed by atoms with Gasteiger partial charge in [-0.2, -0.15) is 17.5 Å². The first-order valence-corrected chi connectivity index (χ1v) is 11.8. The molecular weight excluding hydrogens is 461 g/mol. The fourth-order valence-corrected chi connectivity index (χ4v) is 5.25. The SMILES string of the molecule is CC(=O)c1ccc(S(=O)(=O)N2CCC(C(=O)N(C)Cc3nccn3CC(F)(F)F)CC2)cc1. The first kappa shape index (κ1) is 24.9. The molecule has 33 heavy (non-hydrogen) atoms.